The van der Waals surface area contributed by atoms with E-state index in [1.807, 2.05) is 11.8 Å². The van der Waals surface area contributed by atoms with E-state index < -0.39 is 31.0 Å². The first kappa shape index (κ1) is 19.3. The van der Waals surface area contributed by atoms with Crippen molar-refractivity contribution >= 4 is 25.6 Å². The Balaban J connectivity index is 1.87. The van der Waals surface area contributed by atoms with Gasteiger partial charge in [0.25, 0.3) is 0 Å². The minimum absolute atomic E-state index is 0.0208. The van der Waals surface area contributed by atoms with Gasteiger partial charge in [-0.15, -0.1) is 0 Å². The maximum atomic E-state index is 13.1. The molecule has 2 heterocycles. The molecule has 1 aromatic rings. The van der Waals surface area contributed by atoms with Crippen LogP contribution in [0.2, 0.25) is 0 Å². The zero-order valence-corrected chi connectivity index (χ0v) is 16.6. The largest absolute Gasteiger partial charge is 0.340 e. The first-order chi connectivity index (χ1) is 12.1. The quantitative estimate of drug-likeness (QED) is 0.715. The van der Waals surface area contributed by atoms with Gasteiger partial charge in [-0.05, 0) is 19.1 Å². The van der Waals surface area contributed by atoms with Gasteiger partial charge in [0.1, 0.15) is 0 Å². The average molecular weight is 401 g/mol. The highest BCUT2D eigenvalue weighted by Gasteiger charge is 2.48. The zero-order chi connectivity index (χ0) is 19.1. The number of aryl methyl sites for hydroxylation is 1. The number of sulfone groups is 2. The van der Waals surface area contributed by atoms with E-state index >= 15 is 0 Å². The molecule has 1 aromatic carbocycles. The summed E-state index contributed by atoms with van der Waals surface area (Å²) in [6.45, 7) is 5.32. The molecule has 2 saturated heterocycles. The van der Waals surface area contributed by atoms with Crippen molar-refractivity contribution in [1.29, 1.82) is 0 Å². The summed E-state index contributed by atoms with van der Waals surface area (Å²) in [5.74, 6) is -0.517. The maximum Gasteiger partial charge on any atom is 0.219 e. The van der Waals surface area contributed by atoms with Gasteiger partial charge >= 0.3 is 0 Å². The highest BCUT2D eigenvalue weighted by Crippen LogP contribution is 2.29. The predicted molar refractivity (Wildman–Crippen MR) is 98.4 cm³/mol. The molecule has 2 fully saturated rings. The molecule has 0 aromatic heterocycles. The molecule has 0 bridgehead atoms. The molecular weight excluding hydrogens is 376 g/mol. The second kappa shape index (κ2) is 6.94. The Morgan fingerprint density at radius 1 is 1.04 bits per heavy atom. The van der Waals surface area contributed by atoms with E-state index in [9.17, 15) is 21.6 Å². The molecule has 2 aliphatic heterocycles. The lowest BCUT2D eigenvalue weighted by Crippen LogP contribution is -2.55. The van der Waals surface area contributed by atoms with Crippen molar-refractivity contribution in [3.05, 3.63) is 29.8 Å². The normalized spacial score (nSPS) is 26.8. The van der Waals surface area contributed by atoms with Crippen LogP contribution in [0.3, 0.4) is 0 Å². The molecule has 2 aliphatic rings. The van der Waals surface area contributed by atoms with E-state index in [1.165, 1.54) is 6.92 Å². The van der Waals surface area contributed by atoms with Gasteiger partial charge in [0.15, 0.2) is 19.7 Å². The van der Waals surface area contributed by atoms with Crippen molar-refractivity contribution in [2.24, 2.45) is 0 Å². The lowest BCUT2D eigenvalue weighted by Gasteiger charge is -2.39. The number of benzene rings is 1. The average Bonchev–Trinajstić information content (AvgIpc) is 2.92. The van der Waals surface area contributed by atoms with Crippen molar-refractivity contribution in [1.82, 2.24) is 9.80 Å². The van der Waals surface area contributed by atoms with E-state index in [0.717, 1.165) is 5.56 Å². The van der Waals surface area contributed by atoms with Crippen LogP contribution in [0, 0.1) is 6.92 Å². The molecule has 1 amide bonds. The fraction of sp³-hybridized carbons (Fsp3) is 0.588. The van der Waals surface area contributed by atoms with Crippen LogP contribution in [-0.2, 0) is 24.5 Å². The second-order valence-corrected chi connectivity index (χ2v) is 11.4. The molecule has 0 saturated carbocycles. The van der Waals surface area contributed by atoms with Gasteiger partial charge < -0.3 is 4.90 Å². The Labute approximate surface area is 154 Å². The van der Waals surface area contributed by atoms with E-state index in [0.29, 0.717) is 26.2 Å². The second-order valence-electron chi connectivity index (χ2n) is 7.08. The Hall–Kier alpha value is -1.45. The highest BCUT2D eigenvalue weighted by molar-refractivity contribution is 7.96. The Morgan fingerprint density at radius 3 is 2.15 bits per heavy atom. The van der Waals surface area contributed by atoms with Gasteiger partial charge in [0.2, 0.25) is 5.91 Å². The lowest BCUT2D eigenvalue weighted by atomic mass is 10.2. The van der Waals surface area contributed by atoms with E-state index in [-0.39, 0.29) is 22.3 Å². The predicted octanol–water partition coefficient (Wildman–Crippen LogP) is 0.0984. The Bertz CT molecular complexity index is 886. The van der Waals surface area contributed by atoms with Gasteiger partial charge in [-0.1, -0.05) is 17.7 Å². The number of carbonyl (C=O) groups excluding carboxylic acids is 1. The minimum Gasteiger partial charge on any atom is -0.340 e. The third-order valence-corrected chi connectivity index (χ3v) is 9.38. The molecule has 0 N–H and O–H groups in total. The summed E-state index contributed by atoms with van der Waals surface area (Å²) in [4.78, 5) is 15.3. The number of hydrogen-bond acceptors (Lipinski definition) is 6. The minimum atomic E-state index is -3.76. The number of rotatable bonds is 3. The summed E-state index contributed by atoms with van der Waals surface area (Å²) in [5, 5.41) is -0.973. The molecule has 3 rings (SSSR count). The van der Waals surface area contributed by atoms with Crippen LogP contribution in [0.4, 0.5) is 0 Å². The summed E-state index contributed by atoms with van der Waals surface area (Å²) < 4.78 is 50.7. The molecule has 0 radical (unpaired) electrons. The van der Waals surface area contributed by atoms with Gasteiger partial charge in [0, 0.05) is 39.1 Å². The molecule has 0 spiro atoms. The molecule has 26 heavy (non-hydrogen) atoms. The maximum absolute atomic E-state index is 13.1. The summed E-state index contributed by atoms with van der Waals surface area (Å²) in [6.07, 6.45) is 0. The van der Waals surface area contributed by atoms with Crippen LogP contribution in [0.5, 0.6) is 0 Å². The fourth-order valence-corrected chi connectivity index (χ4v) is 8.53. The standard InChI is InChI=1S/C17H24N2O5S2/c1-13-3-5-15(6-4-13)26(23,24)17-12-25(21,22)11-16(17)19-9-7-18(8-10-19)14(2)20/h3-6,16-17H,7-12H2,1-2H3. The van der Waals surface area contributed by atoms with Gasteiger partial charge in [-0.3, -0.25) is 9.69 Å². The molecule has 7 nitrogen and oxygen atoms in total. The van der Waals surface area contributed by atoms with Crippen LogP contribution < -0.4 is 0 Å². The molecule has 2 unspecified atom stereocenters. The fourth-order valence-electron chi connectivity index (χ4n) is 3.71. The summed E-state index contributed by atoms with van der Waals surface area (Å²) >= 11 is 0. The van der Waals surface area contributed by atoms with Crippen molar-refractivity contribution in [3.63, 3.8) is 0 Å². The number of nitrogens with zero attached hydrogens (tertiary/aromatic N) is 2. The number of amides is 1. The van der Waals surface area contributed by atoms with Gasteiger partial charge in [-0.25, -0.2) is 16.8 Å². The van der Waals surface area contributed by atoms with Gasteiger partial charge in [-0.2, -0.15) is 0 Å². The molecule has 2 atom stereocenters. The zero-order valence-electron chi connectivity index (χ0n) is 15.0. The van der Waals surface area contributed by atoms with E-state index in [4.69, 9.17) is 0 Å². The third-order valence-electron chi connectivity index (χ3n) is 5.25. The Kier molecular flexibility index (Phi) is 5.15. The number of carbonyl (C=O) groups is 1. The third kappa shape index (κ3) is 3.79. The monoisotopic (exact) mass is 400 g/mol. The SMILES string of the molecule is CC(=O)N1CCN(C2CS(=O)(=O)CC2S(=O)(=O)c2ccc(C)cc2)CC1. The van der Waals surface area contributed by atoms with Crippen LogP contribution in [0.15, 0.2) is 29.2 Å². The van der Waals surface area contributed by atoms with Crippen molar-refractivity contribution in [3.8, 4) is 0 Å². The number of piperazine rings is 1. The van der Waals surface area contributed by atoms with Crippen LogP contribution in [-0.4, -0.2) is 81.5 Å². The van der Waals surface area contributed by atoms with E-state index in [1.54, 1.807) is 29.2 Å². The van der Waals surface area contributed by atoms with Crippen molar-refractivity contribution < 1.29 is 21.6 Å². The molecule has 9 heteroatoms. The van der Waals surface area contributed by atoms with Crippen molar-refractivity contribution in [2.45, 2.75) is 30.0 Å². The van der Waals surface area contributed by atoms with Crippen LogP contribution in [0.25, 0.3) is 0 Å². The topological polar surface area (TPSA) is 91.8 Å². The summed E-state index contributed by atoms with van der Waals surface area (Å²) in [7, 11) is -7.18. The van der Waals surface area contributed by atoms with Crippen LogP contribution >= 0.6 is 0 Å². The summed E-state index contributed by atoms with van der Waals surface area (Å²) in [5.41, 5.74) is 0.944. The Morgan fingerprint density at radius 2 is 1.62 bits per heavy atom. The van der Waals surface area contributed by atoms with Crippen molar-refractivity contribution in [2.75, 3.05) is 37.7 Å². The smallest absolute Gasteiger partial charge is 0.219 e. The number of hydrogen-bond donors (Lipinski definition) is 0. The first-order valence-corrected chi connectivity index (χ1v) is 12.0. The molecule has 144 valence electrons. The van der Waals surface area contributed by atoms with Gasteiger partial charge in [0.05, 0.1) is 21.7 Å². The first-order valence-electron chi connectivity index (χ1n) is 8.61. The molecule has 0 aliphatic carbocycles. The summed E-state index contributed by atoms with van der Waals surface area (Å²) in [6, 6.07) is 5.95. The lowest BCUT2D eigenvalue weighted by molar-refractivity contribution is -0.130. The van der Waals surface area contributed by atoms with Crippen LogP contribution in [0.1, 0.15) is 12.5 Å². The molecular formula is C17H24N2O5S2. The van der Waals surface area contributed by atoms with E-state index in [2.05, 4.69) is 0 Å². The highest BCUT2D eigenvalue weighted by atomic mass is 32.2.